The summed E-state index contributed by atoms with van der Waals surface area (Å²) < 4.78 is 0. The second kappa shape index (κ2) is 5.41. The lowest BCUT2D eigenvalue weighted by Crippen LogP contribution is -2.46. The first-order chi connectivity index (χ1) is 11.1. The van der Waals surface area contributed by atoms with Crippen molar-refractivity contribution in [2.45, 2.75) is 38.5 Å². The molecule has 0 amide bonds. The number of benzene rings is 1. The summed E-state index contributed by atoms with van der Waals surface area (Å²) in [4.78, 5) is 26.2. The average Bonchev–Trinajstić information content (AvgIpc) is 3.37. The Hall–Kier alpha value is -1.75. The Balaban J connectivity index is 1.54. The second-order valence-electron chi connectivity index (χ2n) is 7.45. The number of ketones is 1. The van der Waals surface area contributed by atoms with E-state index in [-0.39, 0.29) is 16.9 Å². The topological polar surface area (TPSA) is 63.4 Å². The fraction of sp³-hybridized carbons (Fsp3) is 0.611. The number of hydrogen-bond acceptors (Lipinski definition) is 4. The number of likely N-dealkylation sites (tertiary alicyclic amines) is 1. The molecular weight excluding hydrogens is 292 g/mol. The standard InChI is InChI=1S/C18H22N2O3/c21-17-16-11-15(20(22)23)4-3-14(16)5-6-18(17)7-9-19(10-8-18)12-13-1-2-13/h3-4,11,13H,1-2,5-10,12H2. The van der Waals surface area contributed by atoms with E-state index in [0.717, 1.165) is 50.3 Å². The highest BCUT2D eigenvalue weighted by atomic mass is 16.6. The van der Waals surface area contributed by atoms with Crippen molar-refractivity contribution in [2.75, 3.05) is 19.6 Å². The molecule has 1 saturated carbocycles. The zero-order valence-electron chi connectivity index (χ0n) is 13.3. The van der Waals surface area contributed by atoms with Gasteiger partial charge in [-0.25, -0.2) is 0 Å². The third-order valence-corrected chi connectivity index (χ3v) is 5.93. The van der Waals surface area contributed by atoms with E-state index in [1.165, 1.54) is 31.5 Å². The number of hydrogen-bond donors (Lipinski definition) is 0. The normalized spacial score (nSPS) is 23.7. The number of carbonyl (C=O) groups is 1. The molecule has 3 aliphatic rings. The predicted octanol–water partition coefficient (Wildman–Crippen LogP) is 3.22. The molecule has 5 heteroatoms. The molecule has 1 aromatic carbocycles. The van der Waals surface area contributed by atoms with Gasteiger partial charge in [-0.3, -0.25) is 14.9 Å². The van der Waals surface area contributed by atoms with E-state index >= 15 is 0 Å². The van der Waals surface area contributed by atoms with Crippen LogP contribution in [0.2, 0.25) is 0 Å². The van der Waals surface area contributed by atoms with Gasteiger partial charge in [-0.1, -0.05) is 6.07 Å². The van der Waals surface area contributed by atoms with Crippen molar-refractivity contribution in [3.05, 3.63) is 39.4 Å². The van der Waals surface area contributed by atoms with Gasteiger partial charge < -0.3 is 4.90 Å². The molecule has 4 rings (SSSR count). The number of nitro benzene ring substituents is 1. The van der Waals surface area contributed by atoms with E-state index in [1.807, 2.05) is 0 Å². The average molecular weight is 314 g/mol. The van der Waals surface area contributed by atoms with Gasteiger partial charge in [0.15, 0.2) is 5.78 Å². The van der Waals surface area contributed by atoms with Crippen LogP contribution in [0.3, 0.4) is 0 Å². The minimum Gasteiger partial charge on any atom is -0.303 e. The van der Waals surface area contributed by atoms with Crippen molar-refractivity contribution in [3.8, 4) is 0 Å². The maximum absolute atomic E-state index is 13.1. The number of nitrogens with zero attached hydrogens (tertiary/aromatic N) is 2. The van der Waals surface area contributed by atoms with Crippen LogP contribution < -0.4 is 0 Å². The Kier molecular flexibility index (Phi) is 3.48. The molecule has 0 radical (unpaired) electrons. The summed E-state index contributed by atoms with van der Waals surface area (Å²) in [6, 6.07) is 4.78. The maximum Gasteiger partial charge on any atom is 0.270 e. The van der Waals surface area contributed by atoms with Crippen molar-refractivity contribution < 1.29 is 9.72 Å². The molecule has 122 valence electrons. The second-order valence-corrected chi connectivity index (χ2v) is 7.45. The highest BCUT2D eigenvalue weighted by Gasteiger charge is 2.45. The van der Waals surface area contributed by atoms with Gasteiger partial charge in [0, 0.05) is 29.7 Å². The minimum absolute atomic E-state index is 0.0281. The van der Waals surface area contributed by atoms with Gasteiger partial charge in [-0.2, -0.15) is 0 Å². The third-order valence-electron chi connectivity index (χ3n) is 5.93. The minimum atomic E-state index is -0.410. The van der Waals surface area contributed by atoms with E-state index in [2.05, 4.69) is 4.90 Å². The molecule has 1 heterocycles. The molecule has 2 fully saturated rings. The first-order valence-electron chi connectivity index (χ1n) is 8.62. The summed E-state index contributed by atoms with van der Waals surface area (Å²) >= 11 is 0. The molecular formula is C18H22N2O3. The van der Waals surface area contributed by atoms with Gasteiger partial charge in [0.1, 0.15) is 0 Å². The zero-order valence-corrected chi connectivity index (χ0v) is 13.3. The lowest BCUT2D eigenvalue weighted by molar-refractivity contribution is -0.384. The third kappa shape index (κ3) is 2.67. The molecule has 2 aliphatic carbocycles. The summed E-state index contributed by atoms with van der Waals surface area (Å²) in [5.74, 6) is 1.03. The van der Waals surface area contributed by atoms with Crippen LogP contribution in [0, 0.1) is 21.4 Å². The van der Waals surface area contributed by atoms with Gasteiger partial charge in [0.05, 0.1) is 4.92 Å². The van der Waals surface area contributed by atoms with Gasteiger partial charge in [0.25, 0.3) is 5.69 Å². The van der Waals surface area contributed by atoms with Crippen molar-refractivity contribution in [1.82, 2.24) is 4.90 Å². The van der Waals surface area contributed by atoms with Crippen LogP contribution in [0.25, 0.3) is 0 Å². The number of aryl methyl sites for hydroxylation is 1. The van der Waals surface area contributed by atoms with Crippen LogP contribution in [0.1, 0.15) is 48.0 Å². The Labute approximate surface area is 135 Å². The van der Waals surface area contributed by atoms with Crippen LogP contribution in [0.15, 0.2) is 18.2 Å². The predicted molar refractivity (Wildman–Crippen MR) is 86.6 cm³/mol. The molecule has 0 N–H and O–H groups in total. The van der Waals surface area contributed by atoms with Gasteiger partial charge in [-0.05, 0) is 63.1 Å². The fourth-order valence-electron chi connectivity index (χ4n) is 4.19. The first-order valence-corrected chi connectivity index (χ1v) is 8.62. The Morgan fingerprint density at radius 1 is 1.22 bits per heavy atom. The van der Waals surface area contributed by atoms with Crippen molar-refractivity contribution in [3.63, 3.8) is 0 Å². The molecule has 0 unspecified atom stereocenters. The summed E-state index contributed by atoms with van der Waals surface area (Å²) in [7, 11) is 0. The number of carbonyl (C=O) groups excluding carboxylic acids is 1. The van der Waals surface area contributed by atoms with Gasteiger partial charge >= 0.3 is 0 Å². The molecule has 0 bridgehead atoms. The Bertz CT molecular complexity index is 658. The number of rotatable bonds is 3. The molecule has 1 aromatic rings. The van der Waals surface area contributed by atoms with Crippen molar-refractivity contribution in [2.24, 2.45) is 11.3 Å². The maximum atomic E-state index is 13.1. The number of nitro groups is 1. The summed E-state index contributed by atoms with van der Waals surface area (Å²) in [6.07, 6.45) is 6.28. The lowest BCUT2D eigenvalue weighted by Gasteiger charge is -2.43. The van der Waals surface area contributed by atoms with E-state index in [9.17, 15) is 14.9 Å². The Morgan fingerprint density at radius 3 is 2.61 bits per heavy atom. The van der Waals surface area contributed by atoms with E-state index in [4.69, 9.17) is 0 Å². The lowest BCUT2D eigenvalue weighted by atomic mass is 9.65. The van der Waals surface area contributed by atoms with E-state index < -0.39 is 4.92 Å². The van der Waals surface area contributed by atoms with Crippen LogP contribution in [0.4, 0.5) is 5.69 Å². The highest BCUT2D eigenvalue weighted by Crippen LogP contribution is 2.44. The molecule has 23 heavy (non-hydrogen) atoms. The molecule has 1 spiro atoms. The van der Waals surface area contributed by atoms with Gasteiger partial charge in [0.2, 0.25) is 0 Å². The smallest absolute Gasteiger partial charge is 0.270 e. The zero-order chi connectivity index (χ0) is 16.0. The fourth-order valence-corrected chi connectivity index (χ4v) is 4.19. The monoisotopic (exact) mass is 314 g/mol. The number of fused-ring (bicyclic) bond motifs is 1. The SMILES string of the molecule is O=C1c2cc([N+](=O)[O-])ccc2CCC12CCN(CC1CC1)CC2. The number of piperidine rings is 1. The molecule has 1 aliphatic heterocycles. The van der Waals surface area contributed by atoms with E-state index in [1.54, 1.807) is 6.07 Å². The van der Waals surface area contributed by atoms with Crippen LogP contribution in [-0.4, -0.2) is 35.2 Å². The van der Waals surface area contributed by atoms with Crippen molar-refractivity contribution >= 4 is 11.5 Å². The van der Waals surface area contributed by atoms with Crippen LogP contribution in [0.5, 0.6) is 0 Å². The number of non-ortho nitro benzene ring substituents is 1. The van der Waals surface area contributed by atoms with E-state index in [0.29, 0.717) is 5.56 Å². The molecule has 0 atom stereocenters. The van der Waals surface area contributed by atoms with Crippen molar-refractivity contribution in [1.29, 1.82) is 0 Å². The Morgan fingerprint density at radius 2 is 1.96 bits per heavy atom. The molecule has 0 aromatic heterocycles. The summed E-state index contributed by atoms with van der Waals surface area (Å²) in [5, 5.41) is 11.0. The largest absolute Gasteiger partial charge is 0.303 e. The quantitative estimate of drug-likeness (QED) is 0.635. The first kappa shape index (κ1) is 14.8. The highest BCUT2D eigenvalue weighted by molar-refractivity contribution is 6.03. The molecule has 5 nitrogen and oxygen atoms in total. The molecule has 1 saturated heterocycles. The van der Waals surface area contributed by atoms with Crippen LogP contribution >= 0.6 is 0 Å². The number of Topliss-reactive ketones (excluding diaryl/α,β-unsaturated/α-hetero) is 1. The summed E-state index contributed by atoms with van der Waals surface area (Å²) in [5.41, 5.74) is 1.33. The summed E-state index contributed by atoms with van der Waals surface area (Å²) in [6.45, 7) is 3.17. The van der Waals surface area contributed by atoms with Gasteiger partial charge in [-0.15, -0.1) is 0 Å². The van der Waals surface area contributed by atoms with Crippen LogP contribution in [-0.2, 0) is 6.42 Å².